The van der Waals surface area contributed by atoms with Gasteiger partial charge in [0, 0.05) is 11.8 Å². The Labute approximate surface area is 58.9 Å². The van der Waals surface area contributed by atoms with E-state index in [0.29, 0.717) is 11.9 Å². The van der Waals surface area contributed by atoms with Crippen LogP contribution in [0.25, 0.3) is 0 Å². The third kappa shape index (κ3) is 3.65. The monoisotopic (exact) mass is 143 g/mol. The molecule has 0 saturated heterocycles. The first-order chi connectivity index (χ1) is 4.70. The quantitative estimate of drug-likeness (QED) is 0.451. The predicted octanol–water partition coefficient (Wildman–Crippen LogP) is 0.445. The van der Waals surface area contributed by atoms with Gasteiger partial charge >= 0.3 is 6.09 Å². The largest absolute Gasteiger partial charge is 0.453 e. The third-order valence-corrected chi connectivity index (χ3v) is 0.789. The van der Waals surface area contributed by atoms with E-state index in [-0.39, 0.29) is 0 Å². The lowest BCUT2D eigenvalue weighted by Gasteiger charge is -1.95. The van der Waals surface area contributed by atoms with Crippen LogP contribution < -0.4 is 5.32 Å². The fourth-order valence-corrected chi connectivity index (χ4v) is 0.266. The first kappa shape index (κ1) is 8.68. The fourth-order valence-electron chi connectivity index (χ4n) is 0.266. The number of hydrogen-bond donors (Lipinski definition) is 1. The maximum absolute atomic E-state index is 10.3. The maximum atomic E-state index is 10.3. The Morgan fingerprint density at radius 2 is 2.20 bits per heavy atom. The number of hydrogen-bond acceptors (Lipinski definition) is 3. The molecular formula is C6H9NO3. The highest BCUT2D eigenvalue weighted by Crippen LogP contribution is 1.81. The van der Waals surface area contributed by atoms with Gasteiger partial charge in [-0.05, 0) is 6.92 Å². The SMILES string of the molecule is COC(=O)N/C=C(/C)C=O. The summed E-state index contributed by atoms with van der Waals surface area (Å²) in [5.74, 6) is 0. The molecule has 0 spiro atoms. The molecule has 0 radical (unpaired) electrons. The van der Waals surface area contributed by atoms with Crippen LogP contribution in [0.15, 0.2) is 11.8 Å². The number of ether oxygens (including phenoxy) is 1. The molecule has 0 aromatic rings. The Bertz CT molecular complexity index is 162. The molecule has 56 valence electrons. The number of amides is 1. The smallest absolute Gasteiger partial charge is 0.410 e. The van der Waals surface area contributed by atoms with E-state index < -0.39 is 6.09 Å². The minimum Gasteiger partial charge on any atom is -0.453 e. The molecule has 0 aliphatic rings. The van der Waals surface area contributed by atoms with Gasteiger partial charge in [0.05, 0.1) is 7.11 Å². The van der Waals surface area contributed by atoms with Crippen LogP contribution >= 0.6 is 0 Å². The number of allylic oxidation sites excluding steroid dienone is 1. The zero-order chi connectivity index (χ0) is 7.98. The van der Waals surface area contributed by atoms with E-state index in [1.54, 1.807) is 6.92 Å². The molecule has 0 bridgehead atoms. The van der Waals surface area contributed by atoms with Gasteiger partial charge in [-0.3, -0.25) is 10.1 Å². The molecule has 0 aromatic heterocycles. The van der Waals surface area contributed by atoms with E-state index in [1.807, 2.05) is 0 Å². The maximum Gasteiger partial charge on any atom is 0.410 e. The van der Waals surface area contributed by atoms with Crippen molar-refractivity contribution < 1.29 is 14.3 Å². The Kier molecular flexibility index (Phi) is 3.95. The topological polar surface area (TPSA) is 55.4 Å². The van der Waals surface area contributed by atoms with Crippen LogP contribution in [0, 0.1) is 0 Å². The van der Waals surface area contributed by atoms with Gasteiger partial charge in [0.15, 0.2) is 0 Å². The van der Waals surface area contributed by atoms with Gasteiger partial charge in [-0.1, -0.05) is 0 Å². The Morgan fingerprint density at radius 1 is 1.60 bits per heavy atom. The van der Waals surface area contributed by atoms with Gasteiger partial charge in [-0.25, -0.2) is 4.79 Å². The molecule has 0 aliphatic carbocycles. The summed E-state index contributed by atoms with van der Waals surface area (Å²) >= 11 is 0. The zero-order valence-electron chi connectivity index (χ0n) is 5.88. The number of carbonyl (C=O) groups is 2. The molecule has 10 heavy (non-hydrogen) atoms. The molecule has 1 amide bonds. The van der Waals surface area contributed by atoms with Crippen LogP contribution in [0.2, 0.25) is 0 Å². The predicted molar refractivity (Wildman–Crippen MR) is 35.4 cm³/mol. The molecule has 1 N–H and O–H groups in total. The molecule has 4 nitrogen and oxygen atoms in total. The van der Waals surface area contributed by atoms with E-state index in [0.717, 1.165) is 0 Å². The van der Waals surface area contributed by atoms with Gasteiger partial charge < -0.3 is 4.74 Å². The second-order valence-corrected chi connectivity index (χ2v) is 1.64. The van der Waals surface area contributed by atoms with Crippen molar-refractivity contribution in [2.24, 2.45) is 0 Å². The van der Waals surface area contributed by atoms with Crippen molar-refractivity contribution >= 4 is 12.4 Å². The molecule has 0 fully saturated rings. The van der Waals surface area contributed by atoms with Crippen LogP contribution in [-0.2, 0) is 9.53 Å². The zero-order valence-corrected chi connectivity index (χ0v) is 5.88. The molecule has 0 rings (SSSR count). The Morgan fingerprint density at radius 3 is 2.60 bits per heavy atom. The highest BCUT2D eigenvalue weighted by molar-refractivity contribution is 5.74. The summed E-state index contributed by atoms with van der Waals surface area (Å²) < 4.78 is 4.23. The summed E-state index contributed by atoms with van der Waals surface area (Å²) in [5, 5.41) is 2.23. The van der Waals surface area contributed by atoms with Crippen LogP contribution in [0.5, 0.6) is 0 Å². The van der Waals surface area contributed by atoms with Gasteiger partial charge in [0.1, 0.15) is 6.29 Å². The third-order valence-electron chi connectivity index (χ3n) is 0.789. The average molecular weight is 143 g/mol. The molecule has 0 saturated carbocycles. The van der Waals surface area contributed by atoms with E-state index in [4.69, 9.17) is 0 Å². The highest BCUT2D eigenvalue weighted by atomic mass is 16.5. The summed E-state index contributed by atoms with van der Waals surface area (Å²) in [4.78, 5) is 20.3. The highest BCUT2D eigenvalue weighted by Gasteiger charge is 1.92. The van der Waals surface area contributed by atoms with Crippen LogP contribution in [0.1, 0.15) is 6.92 Å². The number of carbonyl (C=O) groups excluding carboxylic acids is 2. The normalized spacial score (nSPS) is 10.4. The number of alkyl carbamates (subject to hydrolysis) is 1. The molecular weight excluding hydrogens is 134 g/mol. The lowest BCUT2D eigenvalue weighted by atomic mass is 10.4. The second kappa shape index (κ2) is 4.55. The van der Waals surface area contributed by atoms with Crippen LogP contribution in [0.3, 0.4) is 0 Å². The molecule has 0 atom stereocenters. The van der Waals surface area contributed by atoms with Crippen molar-refractivity contribution in [2.45, 2.75) is 6.92 Å². The summed E-state index contributed by atoms with van der Waals surface area (Å²) in [6, 6.07) is 0. The van der Waals surface area contributed by atoms with Gasteiger partial charge in [0.2, 0.25) is 0 Å². The first-order valence-corrected chi connectivity index (χ1v) is 2.67. The molecule has 0 heterocycles. The molecule has 0 aromatic carbocycles. The summed E-state index contributed by atoms with van der Waals surface area (Å²) in [5.41, 5.74) is 0.436. The van der Waals surface area contributed by atoms with Crippen molar-refractivity contribution in [3.05, 3.63) is 11.8 Å². The standard InChI is InChI=1S/C6H9NO3/c1-5(4-8)3-7-6(9)10-2/h3-4H,1-2H3,(H,7,9)/b5-3-. The van der Waals surface area contributed by atoms with Crippen LogP contribution in [0.4, 0.5) is 4.79 Å². The van der Waals surface area contributed by atoms with Crippen molar-refractivity contribution in [2.75, 3.05) is 7.11 Å². The van der Waals surface area contributed by atoms with E-state index in [9.17, 15) is 9.59 Å². The van der Waals surface area contributed by atoms with Crippen molar-refractivity contribution in [1.29, 1.82) is 0 Å². The van der Waals surface area contributed by atoms with Crippen LogP contribution in [-0.4, -0.2) is 19.5 Å². The lowest BCUT2D eigenvalue weighted by molar-refractivity contribution is -0.104. The van der Waals surface area contributed by atoms with E-state index in [2.05, 4.69) is 10.1 Å². The number of rotatable bonds is 2. The number of nitrogens with one attached hydrogen (secondary N) is 1. The minimum absolute atomic E-state index is 0.436. The van der Waals surface area contributed by atoms with Gasteiger partial charge in [0.25, 0.3) is 0 Å². The van der Waals surface area contributed by atoms with E-state index in [1.165, 1.54) is 13.3 Å². The van der Waals surface area contributed by atoms with Crippen molar-refractivity contribution in [3.8, 4) is 0 Å². The molecule has 0 unspecified atom stereocenters. The second-order valence-electron chi connectivity index (χ2n) is 1.64. The summed E-state index contributed by atoms with van der Waals surface area (Å²) in [6.45, 7) is 1.57. The Balaban J connectivity index is 3.71. The van der Waals surface area contributed by atoms with Gasteiger partial charge in [-0.2, -0.15) is 0 Å². The molecule has 0 aliphatic heterocycles. The van der Waals surface area contributed by atoms with Crippen molar-refractivity contribution in [3.63, 3.8) is 0 Å². The van der Waals surface area contributed by atoms with E-state index >= 15 is 0 Å². The number of aldehydes is 1. The number of methoxy groups -OCH3 is 1. The van der Waals surface area contributed by atoms with Crippen molar-refractivity contribution in [1.82, 2.24) is 5.32 Å². The average Bonchev–Trinajstić information content (AvgIpc) is 1.99. The summed E-state index contributed by atoms with van der Waals surface area (Å²) in [6.07, 6.45) is 1.33. The Hall–Kier alpha value is -1.32. The van der Waals surface area contributed by atoms with Gasteiger partial charge in [-0.15, -0.1) is 0 Å². The molecule has 4 heteroatoms. The summed E-state index contributed by atoms with van der Waals surface area (Å²) in [7, 11) is 1.25. The fraction of sp³-hybridized carbons (Fsp3) is 0.333. The first-order valence-electron chi connectivity index (χ1n) is 2.67. The lowest BCUT2D eigenvalue weighted by Crippen LogP contribution is -2.16. The minimum atomic E-state index is -0.582.